The third-order valence-corrected chi connectivity index (χ3v) is 4.74. The van der Waals surface area contributed by atoms with E-state index in [1.165, 1.54) is 27.9 Å². The highest BCUT2D eigenvalue weighted by Crippen LogP contribution is 2.29. The summed E-state index contributed by atoms with van der Waals surface area (Å²) in [6, 6.07) is 10.8. The first kappa shape index (κ1) is 14.7. The minimum Gasteiger partial charge on any atom is -0.308 e. The summed E-state index contributed by atoms with van der Waals surface area (Å²) < 4.78 is 6.38. The Balaban J connectivity index is 1.97. The molecule has 3 aromatic heterocycles. The largest absolute Gasteiger partial charge is 0.308 e. The summed E-state index contributed by atoms with van der Waals surface area (Å²) in [5.74, 6) is 0.947. The number of pyridine rings is 1. The highest BCUT2D eigenvalue weighted by atomic mass is 15.2. The van der Waals surface area contributed by atoms with E-state index < -0.39 is 0 Å². The maximum atomic E-state index is 4.42. The molecule has 0 saturated carbocycles. The van der Waals surface area contributed by atoms with Crippen molar-refractivity contribution in [3.8, 4) is 22.5 Å². The van der Waals surface area contributed by atoms with Crippen molar-refractivity contribution in [2.45, 2.75) is 13.8 Å². The molecule has 0 spiro atoms. The van der Waals surface area contributed by atoms with E-state index >= 15 is 0 Å². The monoisotopic (exact) mass is 317 g/mol. The van der Waals surface area contributed by atoms with Gasteiger partial charge in [-0.05, 0) is 30.5 Å². The van der Waals surface area contributed by atoms with Crippen molar-refractivity contribution in [1.82, 2.24) is 14.0 Å². The Morgan fingerprint density at radius 2 is 1.83 bits per heavy atom. The number of hydrogen-bond acceptors (Lipinski definition) is 1. The molecule has 0 amide bonds. The molecular weight excluding hydrogens is 296 g/mol. The molecule has 0 bridgehead atoms. The van der Waals surface area contributed by atoms with Crippen LogP contribution in [0.2, 0.25) is 0 Å². The van der Waals surface area contributed by atoms with Crippen LogP contribution in [0.25, 0.3) is 28.3 Å². The van der Waals surface area contributed by atoms with Gasteiger partial charge in [-0.2, -0.15) is 4.57 Å². The second-order valence-corrected chi connectivity index (χ2v) is 6.39. The normalized spacial score (nSPS) is 11.3. The van der Waals surface area contributed by atoms with Crippen LogP contribution >= 0.6 is 0 Å². The van der Waals surface area contributed by atoms with E-state index in [4.69, 9.17) is 0 Å². The average molecular weight is 317 g/mol. The van der Waals surface area contributed by atoms with Crippen LogP contribution < -0.4 is 4.57 Å². The molecule has 4 aromatic rings. The lowest BCUT2D eigenvalue weighted by molar-refractivity contribution is -0.660. The molecule has 0 aliphatic carbocycles. The van der Waals surface area contributed by atoms with Crippen molar-refractivity contribution in [2.75, 3.05) is 0 Å². The Morgan fingerprint density at radius 1 is 1.04 bits per heavy atom. The van der Waals surface area contributed by atoms with Crippen LogP contribution in [0.1, 0.15) is 11.1 Å². The lowest BCUT2D eigenvalue weighted by Gasteiger charge is -2.10. The molecule has 0 radical (unpaired) electrons. The summed E-state index contributed by atoms with van der Waals surface area (Å²) in [6.45, 7) is 4.33. The molecular formula is C20H21N4+. The first-order valence-corrected chi connectivity index (χ1v) is 8.11. The maximum Gasteiger partial charge on any atom is 0.231 e. The number of aromatic nitrogens is 4. The van der Waals surface area contributed by atoms with Gasteiger partial charge in [0.1, 0.15) is 12.7 Å². The number of aryl methyl sites for hydroxylation is 4. The topological polar surface area (TPSA) is 26.1 Å². The van der Waals surface area contributed by atoms with E-state index in [2.05, 4.69) is 89.2 Å². The first-order valence-electron chi connectivity index (χ1n) is 8.11. The van der Waals surface area contributed by atoms with Crippen LogP contribution in [0.3, 0.4) is 0 Å². The number of fused-ring (bicyclic) bond motifs is 1. The zero-order valence-electron chi connectivity index (χ0n) is 14.5. The molecule has 120 valence electrons. The minimum absolute atomic E-state index is 0.947. The van der Waals surface area contributed by atoms with Gasteiger partial charge in [0.15, 0.2) is 6.20 Å². The van der Waals surface area contributed by atoms with Crippen molar-refractivity contribution in [3.63, 3.8) is 0 Å². The van der Waals surface area contributed by atoms with E-state index in [1.54, 1.807) is 0 Å². The molecule has 1 aromatic carbocycles. The molecule has 0 aliphatic rings. The molecule has 0 fully saturated rings. The van der Waals surface area contributed by atoms with Crippen LogP contribution in [0.5, 0.6) is 0 Å². The molecule has 0 aliphatic heterocycles. The summed E-state index contributed by atoms with van der Waals surface area (Å²) in [5, 5.41) is 0. The predicted octanol–water partition coefficient (Wildman–Crippen LogP) is 3.45. The van der Waals surface area contributed by atoms with Crippen LogP contribution in [0.4, 0.5) is 0 Å². The molecule has 0 saturated heterocycles. The SMILES string of the molecule is Cc1ccccc1-c1cc(-c2cn3ccnc3n2C)[n+](C)cc1C. The predicted molar refractivity (Wildman–Crippen MR) is 95.7 cm³/mol. The number of benzene rings is 1. The zero-order chi connectivity index (χ0) is 16.8. The lowest BCUT2D eigenvalue weighted by Crippen LogP contribution is -2.32. The van der Waals surface area contributed by atoms with E-state index in [1.807, 2.05) is 12.4 Å². The third kappa shape index (κ3) is 2.14. The number of imidazole rings is 2. The Kier molecular flexibility index (Phi) is 3.27. The van der Waals surface area contributed by atoms with Gasteiger partial charge in [-0.3, -0.25) is 4.40 Å². The summed E-state index contributed by atoms with van der Waals surface area (Å²) in [7, 11) is 4.16. The third-order valence-electron chi connectivity index (χ3n) is 4.74. The number of hydrogen-bond donors (Lipinski definition) is 0. The van der Waals surface area contributed by atoms with Crippen molar-refractivity contribution < 1.29 is 4.57 Å². The Bertz CT molecular complexity index is 1050. The number of nitrogens with zero attached hydrogens (tertiary/aromatic N) is 4. The maximum absolute atomic E-state index is 4.42. The minimum atomic E-state index is 0.947. The molecule has 0 N–H and O–H groups in total. The fourth-order valence-corrected chi connectivity index (χ4v) is 3.43. The molecule has 0 atom stereocenters. The molecule has 3 heterocycles. The van der Waals surface area contributed by atoms with Crippen molar-refractivity contribution in [1.29, 1.82) is 0 Å². The molecule has 24 heavy (non-hydrogen) atoms. The molecule has 0 unspecified atom stereocenters. The molecule has 4 rings (SSSR count). The summed E-state index contributed by atoms with van der Waals surface area (Å²) in [4.78, 5) is 4.42. The van der Waals surface area contributed by atoms with E-state index in [-0.39, 0.29) is 0 Å². The van der Waals surface area contributed by atoms with E-state index in [0.717, 1.165) is 11.5 Å². The second-order valence-electron chi connectivity index (χ2n) is 6.39. The van der Waals surface area contributed by atoms with Crippen molar-refractivity contribution in [3.05, 3.63) is 66.2 Å². The van der Waals surface area contributed by atoms with Crippen LogP contribution in [0.15, 0.2) is 55.1 Å². The average Bonchev–Trinajstić information content (AvgIpc) is 3.12. The molecule has 4 heteroatoms. The van der Waals surface area contributed by atoms with E-state index in [0.29, 0.717) is 0 Å². The van der Waals surface area contributed by atoms with Gasteiger partial charge >= 0.3 is 0 Å². The van der Waals surface area contributed by atoms with Gasteiger partial charge in [0.05, 0.1) is 0 Å². The highest BCUT2D eigenvalue weighted by molar-refractivity contribution is 5.73. The summed E-state index contributed by atoms with van der Waals surface area (Å²) in [5.41, 5.74) is 7.45. The van der Waals surface area contributed by atoms with Crippen molar-refractivity contribution >= 4 is 5.78 Å². The summed E-state index contributed by atoms with van der Waals surface area (Å²) >= 11 is 0. The van der Waals surface area contributed by atoms with Gasteiger partial charge in [-0.25, -0.2) is 4.98 Å². The lowest BCUT2D eigenvalue weighted by atomic mass is 9.97. The van der Waals surface area contributed by atoms with Gasteiger partial charge in [-0.15, -0.1) is 0 Å². The Labute approximate surface area is 141 Å². The fraction of sp³-hybridized carbons (Fsp3) is 0.200. The Hall–Kier alpha value is -2.88. The highest BCUT2D eigenvalue weighted by Gasteiger charge is 2.20. The van der Waals surface area contributed by atoms with Gasteiger partial charge in [0.25, 0.3) is 0 Å². The van der Waals surface area contributed by atoms with Gasteiger partial charge in [-0.1, -0.05) is 24.3 Å². The standard InChI is InChI=1S/C20H21N4/c1-14-7-5-6-8-16(14)17-11-18(22(3)12-15(17)2)19-13-24-10-9-21-20(24)23(19)4/h5-13H,1-4H3/q+1. The van der Waals surface area contributed by atoms with Crippen LogP contribution in [0, 0.1) is 13.8 Å². The van der Waals surface area contributed by atoms with Gasteiger partial charge < -0.3 is 4.57 Å². The molecule has 4 nitrogen and oxygen atoms in total. The summed E-state index contributed by atoms with van der Waals surface area (Å²) in [6.07, 6.45) is 8.14. The quantitative estimate of drug-likeness (QED) is 0.520. The van der Waals surface area contributed by atoms with Crippen LogP contribution in [-0.2, 0) is 14.1 Å². The first-order chi connectivity index (χ1) is 11.6. The van der Waals surface area contributed by atoms with Crippen LogP contribution in [-0.4, -0.2) is 14.0 Å². The zero-order valence-corrected chi connectivity index (χ0v) is 14.5. The smallest absolute Gasteiger partial charge is 0.231 e. The Morgan fingerprint density at radius 3 is 2.58 bits per heavy atom. The van der Waals surface area contributed by atoms with Crippen molar-refractivity contribution in [2.24, 2.45) is 14.1 Å². The van der Waals surface area contributed by atoms with Gasteiger partial charge in [0.2, 0.25) is 11.5 Å². The fourth-order valence-electron chi connectivity index (χ4n) is 3.43. The van der Waals surface area contributed by atoms with E-state index in [9.17, 15) is 0 Å². The van der Waals surface area contributed by atoms with Gasteiger partial charge in [0, 0.05) is 37.3 Å². The second kappa shape index (κ2) is 5.34. The number of rotatable bonds is 2.